The Balaban J connectivity index is 1.35. The average molecular weight is 372 g/mol. The maximum Gasteiger partial charge on any atom is 0.193 e. The molecule has 0 bridgehead atoms. The van der Waals surface area contributed by atoms with Crippen LogP contribution in [0.2, 0.25) is 0 Å². The van der Waals surface area contributed by atoms with Crippen molar-refractivity contribution in [3.05, 3.63) is 30.1 Å². The molecule has 0 amide bonds. The highest BCUT2D eigenvalue weighted by Crippen LogP contribution is 2.42. The summed E-state index contributed by atoms with van der Waals surface area (Å²) in [7, 11) is 1.91. The van der Waals surface area contributed by atoms with E-state index in [4.69, 9.17) is 0 Å². The fourth-order valence-electron chi connectivity index (χ4n) is 4.38. The second-order valence-corrected chi connectivity index (χ2v) is 9.01. The number of guanidine groups is 1. The third-order valence-electron chi connectivity index (χ3n) is 5.74. The lowest BCUT2D eigenvalue weighted by atomic mass is 9.87. The second-order valence-electron chi connectivity index (χ2n) is 7.45. The molecular weight excluding hydrogens is 342 g/mol. The van der Waals surface area contributed by atoms with Gasteiger partial charge in [0.1, 0.15) is 5.65 Å². The van der Waals surface area contributed by atoms with E-state index in [-0.39, 0.29) is 0 Å². The van der Waals surface area contributed by atoms with E-state index in [2.05, 4.69) is 49.2 Å². The minimum atomic E-state index is 0.469. The van der Waals surface area contributed by atoms with E-state index in [1.807, 2.05) is 19.3 Å². The van der Waals surface area contributed by atoms with Crippen LogP contribution in [0.3, 0.4) is 0 Å². The third kappa shape index (κ3) is 3.70. The van der Waals surface area contributed by atoms with Gasteiger partial charge in [0.25, 0.3) is 0 Å². The Kier molecular flexibility index (Phi) is 5.38. The number of aromatic nitrogens is 2. The van der Waals surface area contributed by atoms with Crippen LogP contribution in [-0.2, 0) is 6.42 Å². The van der Waals surface area contributed by atoms with Gasteiger partial charge in [-0.15, -0.1) is 0 Å². The molecule has 1 saturated carbocycles. The minimum absolute atomic E-state index is 0.469. The van der Waals surface area contributed by atoms with Crippen molar-refractivity contribution in [1.82, 2.24) is 20.2 Å². The zero-order valence-corrected chi connectivity index (χ0v) is 16.4. The van der Waals surface area contributed by atoms with Crippen LogP contribution in [-0.4, -0.2) is 58.0 Å². The van der Waals surface area contributed by atoms with Gasteiger partial charge in [0.2, 0.25) is 0 Å². The molecule has 0 radical (unpaired) electrons. The second kappa shape index (κ2) is 7.91. The first-order chi connectivity index (χ1) is 12.8. The van der Waals surface area contributed by atoms with Crippen molar-refractivity contribution in [3.8, 4) is 0 Å². The molecule has 0 unspecified atom stereocenters. The molecule has 6 heteroatoms. The Morgan fingerprint density at radius 2 is 2.27 bits per heavy atom. The van der Waals surface area contributed by atoms with Gasteiger partial charge >= 0.3 is 0 Å². The van der Waals surface area contributed by atoms with Gasteiger partial charge in [-0.25, -0.2) is 4.98 Å². The maximum atomic E-state index is 4.57. The van der Waals surface area contributed by atoms with Crippen LogP contribution in [0, 0.1) is 0 Å². The van der Waals surface area contributed by atoms with E-state index in [1.54, 1.807) is 0 Å². The summed E-state index contributed by atoms with van der Waals surface area (Å²) in [4.78, 5) is 14.7. The van der Waals surface area contributed by atoms with E-state index < -0.39 is 0 Å². The number of thioether (sulfide) groups is 1. The molecule has 26 heavy (non-hydrogen) atoms. The molecule has 0 aromatic carbocycles. The molecule has 2 aromatic rings. The highest BCUT2D eigenvalue weighted by Gasteiger charge is 2.38. The van der Waals surface area contributed by atoms with Crippen molar-refractivity contribution in [2.45, 2.75) is 43.3 Å². The Labute approximate surface area is 160 Å². The molecule has 1 saturated heterocycles. The fourth-order valence-corrected chi connectivity index (χ4v) is 5.95. The van der Waals surface area contributed by atoms with E-state index in [0.29, 0.717) is 4.75 Å². The molecule has 5 nitrogen and oxygen atoms in total. The van der Waals surface area contributed by atoms with Crippen LogP contribution in [0.4, 0.5) is 0 Å². The Morgan fingerprint density at radius 1 is 1.38 bits per heavy atom. The SMILES string of the molecule is CN=C(NCCc1c[nH]c2ncccc12)N1CCSC2(CCCCC2)C1. The molecule has 2 fully saturated rings. The molecule has 2 aliphatic rings. The number of nitrogens with one attached hydrogen (secondary N) is 2. The van der Waals surface area contributed by atoms with Gasteiger partial charge in [0.05, 0.1) is 0 Å². The summed E-state index contributed by atoms with van der Waals surface area (Å²) >= 11 is 2.21. The lowest BCUT2D eigenvalue weighted by Gasteiger charge is -2.45. The monoisotopic (exact) mass is 371 g/mol. The Hall–Kier alpha value is -1.69. The molecule has 1 spiro atoms. The van der Waals surface area contributed by atoms with Crippen LogP contribution in [0.25, 0.3) is 11.0 Å². The van der Waals surface area contributed by atoms with Crippen molar-refractivity contribution >= 4 is 28.8 Å². The number of nitrogens with zero attached hydrogens (tertiary/aromatic N) is 3. The number of aromatic amines is 1. The number of aliphatic imine (C=N–C) groups is 1. The van der Waals surface area contributed by atoms with E-state index >= 15 is 0 Å². The number of hydrogen-bond donors (Lipinski definition) is 2. The van der Waals surface area contributed by atoms with Crippen molar-refractivity contribution in [2.24, 2.45) is 4.99 Å². The zero-order chi connectivity index (χ0) is 17.8. The summed E-state index contributed by atoms with van der Waals surface area (Å²) in [6, 6.07) is 4.14. The van der Waals surface area contributed by atoms with Gasteiger partial charge in [-0.2, -0.15) is 11.8 Å². The molecule has 2 aromatic heterocycles. The first kappa shape index (κ1) is 17.7. The minimum Gasteiger partial charge on any atom is -0.356 e. The van der Waals surface area contributed by atoms with Crippen LogP contribution >= 0.6 is 11.8 Å². The highest BCUT2D eigenvalue weighted by molar-refractivity contribution is 8.00. The Morgan fingerprint density at radius 3 is 3.12 bits per heavy atom. The van der Waals surface area contributed by atoms with Crippen LogP contribution < -0.4 is 5.32 Å². The van der Waals surface area contributed by atoms with Gasteiger partial charge in [-0.3, -0.25) is 4.99 Å². The predicted octanol–water partition coefficient (Wildman–Crippen LogP) is 3.43. The summed E-state index contributed by atoms with van der Waals surface area (Å²) in [5, 5.41) is 4.82. The molecule has 3 heterocycles. The van der Waals surface area contributed by atoms with Crippen molar-refractivity contribution < 1.29 is 0 Å². The Bertz CT molecular complexity index is 757. The summed E-state index contributed by atoms with van der Waals surface area (Å²) in [6.07, 6.45) is 11.8. The number of fused-ring (bicyclic) bond motifs is 1. The molecule has 0 atom stereocenters. The molecule has 140 valence electrons. The first-order valence-corrected chi connectivity index (χ1v) is 10.8. The largest absolute Gasteiger partial charge is 0.356 e. The highest BCUT2D eigenvalue weighted by atomic mass is 32.2. The van der Waals surface area contributed by atoms with Crippen LogP contribution in [0.15, 0.2) is 29.5 Å². The molecule has 2 N–H and O–H groups in total. The van der Waals surface area contributed by atoms with Gasteiger partial charge in [-0.05, 0) is 37.0 Å². The predicted molar refractivity (Wildman–Crippen MR) is 111 cm³/mol. The van der Waals surface area contributed by atoms with Gasteiger partial charge in [0.15, 0.2) is 5.96 Å². The maximum absolute atomic E-state index is 4.57. The normalized spacial score (nSPS) is 20.7. The average Bonchev–Trinajstić information content (AvgIpc) is 3.09. The summed E-state index contributed by atoms with van der Waals surface area (Å²) in [5.74, 6) is 2.28. The molecule has 4 rings (SSSR count). The quantitative estimate of drug-likeness (QED) is 0.641. The standard InChI is InChI=1S/C20H29N5S/c1-21-19(25-12-13-26-20(15-25)8-3-2-4-9-20)23-11-7-16-14-24-18-17(16)6-5-10-22-18/h5-6,10,14H,2-4,7-9,11-13,15H2,1H3,(H,21,23)(H,22,24). The van der Waals surface area contributed by atoms with Crippen LogP contribution in [0.1, 0.15) is 37.7 Å². The lowest BCUT2D eigenvalue weighted by Crippen LogP contribution is -2.53. The van der Waals surface area contributed by atoms with Crippen LogP contribution in [0.5, 0.6) is 0 Å². The van der Waals surface area contributed by atoms with Crippen molar-refractivity contribution in [1.29, 1.82) is 0 Å². The van der Waals surface area contributed by atoms with Gasteiger partial charge < -0.3 is 15.2 Å². The number of rotatable bonds is 3. The summed E-state index contributed by atoms with van der Waals surface area (Å²) < 4.78 is 0.469. The molecule has 1 aliphatic heterocycles. The van der Waals surface area contributed by atoms with Crippen molar-refractivity contribution in [3.63, 3.8) is 0 Å². The zero-order valence-electron chi connectivity index (χ0n) is 15.6. The fraction of sp³-hybridized carbons (Fsp3) is 0.600. The third-order valence-corrected chi connectivity index (χ3v) is 7.28. The smallest absolute Gasteiger partial charge is 0.193 e. The van der Waals surface area contributed by atoms with Gasteiger partial charge in [-0.1, -0.05) is 19.3 Å². The van der Waals surface area contributed by atoms with E-state index in [0.717, 1.165) is 37.7 Å². The summed E-state index contributed by atoms with van der Waals surface area (Å²) in [5.41, 5.74) is 2.29. The number of hydrogen-bond acceptors (Lipinski definition) is 3. The first-order valence-electron chi connectivity index (χ1n) is 9.80. The lowest BCUT2D eigenvalue weighted by molar-refractivity contribution is 0.293. The number of pyridine rings is 1. The number of H-pyrrole nitrogens is 1. The van der Waals surface area contributed by atoms with E-state index in [9.17, 15) is 0 Å². The molecular formula is C20H29N5S. The van der Waals surface area contributed by atoms with Crippen molar-refractivity contribution in [2.75, 3.05) is 32.4 Å². The van der Waals surface area contributed by atoms with E-state index in [1.165, 1.54) is 48.8 Å². The molecule has 1 aliphatic carbocycles. The van der Waals surface area contributed by atoms with Gasteiger partial charge in [0, 0.05) is 55.0 Å². The topological polar surface area (TPSA) is 56.3 Å². The summed E-state index contributed by atoms with van der Waals surface area (Å²) in [6.45, 7) is 3.14.